The first kappa shape index (κ1) is 31.3. The number of hydrogen-bond acceptors (Lipinski definition) is 8. The average molecular weight is 625 g/mol. The highest BCUT2D eigenvalue weighted by Gasteiger charge is 2.35. The van der Waals surface area contributed by atoms with Crippen molar-refractivity contribution in [2.45, 2.75) is 68.2 Å². The van der Waals surface area contributed by atoms with Gasteiger partial charge in [0.2, 0.25) is 5.88 Å². The molecule has 1 amide bonds. The number of ether oxygens (including phenoxy) is 2. The summed E-state index contributed by atoms with van der Waals surface area (Å²) < 4.78 is 60.9. The molecule has 2 heterocycles. The third kappa shape index (κ3) is 7.70. The normalized spacial score (nSPS) is 19.0. The molecule has 3 atom stereocenters. The molecular weight excluding hydrogens is 590 g/mol. The van der Waals surface area contributed by atoms with Gasteiger partial charge in [0.1, 0.15) is 6.10 Å². The molecule has 12 heteroatoms. The fraction of sp³-hybridized carbons (Fsp3) is 0.406. The van der Waals surface area contributed by atoms with E-state index in [1.807, 2.05) is 23.2 Å². The fourth-order valence-corrected chi connectivity index (χ4v) is 6.26. The summed E-state index contributed by atoms with van der Waals surface area (Å²) in [5.41, 5.74) is 2.85. The summed E-state index contributed by atoms with van der Waals surface area (Å²) in [7, 11) is -3.38. The molecule has 0 bridgehead atoms. The molecule has 2 fully saturated rings. The second-order valence-corrected chi connectivity index (χ2v) is 13.3. The van der Waals surface area contributed by atoms with E-state index in [1.165, 1.54) is 30.5 Å². The standard InChI is InChI=1S/C32H34F2N4O5S/c1-2-44(40,41)28-12-7-22(8-13-28)29(15-16-35)37-31(39)23-5-10-25(11-6-23)38-19-27(17-26(38)20-42-32(33)34)43-30-14-9-24(18-36-30)21-3-4-21/h5-14,18,21,26-27,29,32H,2-4,15,17,19-20H2,1H3,(H,37,39)/t26-,27-,29?/m0/s1. The molecule has 5 rings (SSSR count). The van der Waals surface area contributed by atoms with Gasteiger partial charge >= 0.3 is 6.61 Å². The van der Waals surface area contributed by atoms with E-state index in [-0.39, 0.29) is 35.8 Å². The number of nitrogens with zero attached hydrogens (tertiary/aromatic N) is 3. The van der Waals surface area contributed by atoms with Crippen LogP contribution in [0.15, 0.2) is 71.8 Å². The van der Waals surface area contributed by atoms with Gasteiger partial charge in [-0.15, -0.1) is 0 Å². The number of hydrogen-bond donors (Lipinski definition) is 1. The van der Waals surface area contributed by atoms with Gasteiger partial charge in [0.05, 0.1) is 48.4 Å². The van der Waals surface area contributed by atoms with Gasteiger partial charge in [0, 0.05) is 29.9 Å². The minimum Gasteiger partial charge on any atom is -0.472 e. The molecule has 0 spiro atoms. The molecule has 1 N–H and O–H groups in total. The molecule has 232 valence electrons. The van der Waals surface area contributed by atoms with Crippen molar-refractivity contribution >= 4 is 21.4 Å². The maximum atomic E-state index is 13.1. The zero-order valence-corrected chi connectivity index (χ0v) is 25.1. The highest BCUT2D eigenvalue weighted by Crippen LogP contribution is 2.40. The summed E-state index contributed by atoms with van der Waals surface area (Å²) in [4.78, 5) is 19.6. The van der Waals surface area contributed by atoms with E-state index < -0.39 is 28.4 Å². The minimum absolute atomic E-state index is 0.0111. The molecule has 1 aliphatic heterocycles. The lowest BCUT2D eigenvalue weighted by Gasteiger charge is -2.26. The Labute approximate surface area is 255 Å². The largest absolute Gasteiger partial charge is 0.472 e. The Bertz CT molecular complexity index is 1570. The van der Waals surface area contributed by atoms with Crippen molar-refractivity contribution < 1.29 is 31.5 Å². The molecule has 1 saturated carbocycles. The highest BCUT2D eigenvalue weighted by molar-refractivity contribution is 7.91. The lowest BCUT2D eigenvalue weighted by molar-refractivity contribution is -0.131. The molecular formula is C32H34F2N4O5S. The topological polar surface area (TPSA) is 122 Å². The number of halogens is 2. The van der Waals surface area contributed by atoms with E-state index in [1.54, 1.807) is 43.3 Å². The van der Waals surface area contributed by atoms with Crippen molar-refractivity contribution in [2.24, 2.45) is 0 Å². The van der Waals surface area contributed by atoms with Crippen molar-refractivity contribution in [1.82, 2.24) is 10.3 Å². The average Bonchev–Trinajstić information content (AvgIpc) is 3.80. The smallest absolute Gasteiger partial charge is 0.345 e. The first-order valence-corrected chi connectivity index (χ1v) is 16.2. The van der Waals surface area contributed by atoms with Crippen LogP contribution in [0.1, 0.15) is 66.1 Å². The van der Waals surface area contributed by atoms with Crippen LogP contribution < -0.4 is 15.0 Å². The van der Waals surface area contributed by atoms with Crippen LogP contribution in [0, 0.1) is 11.3 Å². The van der Waals surface area contributed by atoms with Crippen LogP contribution in [0.5, 0.6) is 5.88 Å². The lowest BCUT2D eigenvalue weighted by atomic mass is 10.0. The van der Waals surface area contributed by atoms with Crippen LogP contribution in [0.25, 0.3) is 0 Å². The number of sulfone groups is 1. The third-order valence-electron chi connectivity index (χ3n) is 7.97. The Kier molecular flexibility index (Phi) is 9.76. The van der Waals surface area contributed by atoms with E-state index >= 15 is 0 Å². The number of amides is 1. The van der Waals surface area contributed by atoms with Crippen LogP contribution in [0.2, 0.25) is 0 Å². The molecule has 2 aliphatic rings. The van der Waals surface area contributed by atoms with Crippen molar-refractivity contribution in [2.75, 3.05) is 23.8 Å². The molecule has 2 aromatic carbocycles. The summed E-state index contributed by atoms with van der Waals surface area (Å²) in [6.07, 6.45) is 4.32. The zero-order valence-electron chi connectivity index (χ0n) is 24.2. The van der Waals surface area contributed by atoms with Crippen molar-refractivity contribution in [1.29, 1.82) is 5.26 Å². The molecule has 1 saturated heterocycles. The number of alkyl halides is 2. The van der Waals surface area contributed by atoms with E-state index in [2.05, 4.69) is 21.1 Å². The molecule has 44 heavy (non-hydrogen) atoms. The van der Waals surface area contributed by atoms with Gasteiger partial charge in [-0.25, -0.2) is 13.4 Å². The van der Waals surface area contributed by atoms with Crippen LogP contribution in [0.3, 0.4) is 0 Å². The highest BCUT2D eigenvalue weighted by atomic mass is 32.2. The van der Waals surface area contributed by atoms with Crippen LogP contribution in [0.4, 0.5) is 14.5 Å². The summed E-state index contributed by atoms with van der Waals surface area (Å²) in [6, 6.07) is 17.8. The Balaban J connectivity index is 1.25. The number of carbonyl (C=O) groups excluding carboxylic acids is 1. The third-order valence-corrected chi connectivity index (χ3v) is 9.72. The monoisotopic (exact) mass is 624 g/mol. The SMILES string of the molecule is CCS(=O)(=O)c1ccc(C(CC#N)NC(=O)c2ccc(N3C[C@@H](Oc4ccc(C5CC5)cn4)C[C@H]3COC(F)F)cc2)cc1. The van der Waals surface area contributed by atoms with Crippen molar-refractivity contribution in [3.63, 3.8) is 0 Å². The Hall–Kier alpha value is -4.08. The predicted octanol–water partition coefficient (Wildman–Crippen LogP) is 5.40. The number of aromatic nitrogens is 1. The molecule has 0 radical (unpaired) electrons. The molecule has 9 nitrogen and oxygen atoms in total. The Morgan fingerprint density at radius 1 is 1.11 bits per heavy atom. The van der Waals surface area contributed by atoms with Crippen LogP contribution >= 0.6 is 0 Å². The zero-order chi connectivity index (χ0) is 31.3. The van der Waals surface area contributed by atoms with Gasteiger partial charge in [-0.3, -0.25) is 4.79 Å². The van der Waals surface area contributed by atoms with E-state index in [9.17, 15) is 27.3 Å². The summed E-state index contributed by atoms with van der Waals surface area (Å²) in [5.74, 6) is 0.616. The number of nitrogens with one attached hydrogen (secondary N) is 1. The maximum Gasteiger partial charge on any atom is 0.345 e. The van der Waals surface area contributed by atoms with Crippen LogP contribution in [-0.4, -0.2) is 57.0 Å². The van der Waals surface area contributed by atoms with Gasteiger partial charge in [-0.2, -0.15) is 14.0 Å². The molecule has 1 aromatic heterocycles. The second kappa shape index (κ2) is 13.7. The fourth-order valence-electron chi connectivity index (χ4n) is 5.37. The van der Waals surface area contributed by atoms with Gasteiger partial charge in [0.15, 0.2) is 9.84 Å². The van der Waals surface area contributed by atoms with E-state index in [4.69, 9.17) is 4.74 Å². The maximum absolute atomic E-state index is 13.1. The first-order chi connectivity index (χ1) is 21.2. The summed E-state index contributed by atoms with van der Waals surface area (Å²) in [6.45, 7) is -1.11. The van der Waals surface area contributed by atoms with Gasteiger partial charge in [-0.1, -0.05) is 25.1 Å². The summed E-state index contributed by atoms with van der Waals surface area (Å²) in [5, 5.41) is 12.2. The first-order valence-electron chi connectivity index (χ1n) is 14.6. The van der Waals surface area contributed by atoms with Gasteiger partial charge in [0.25, 0.3) is 5.91 Å². The van der Waals surface area contributed by atoms with Crippen molar-refractivity contribution in [3.05, 3.63) is 83.6 Å². The van der Waals surface area contributed by atoms with E-state index in [0.717, 1.165) is 0 Å². The minimum atomic E-state index is -3.38. The van der Waals surface area contributed by atoms with Crippen molar-refractivity contribution in [3.8, 4) is 11.9 Å². The molecule has 1 unspecified atom stereocenters. The summed E-state index contributed by atoms with van der Waals surface area (Å²) >= 11 is 0. The van der Waals surface area contributed by atoms with Gasteiger partial charge < -0.3 is 19.7 Å². The second-order valence-electron chi connectivity index (χ2n) is 11.0. The quantitative estimate of drug-likeness (QED) is 0.268. The Morgan fingerprint density at radius 3 is 2.43 bits per heavy atom. The number of rotatable bonds is 13. The van der Waals surface area contributed by atoms with Crippen LogP contribution in [-0.2, 0) is 14.6 Å². The lowest BCUT2D eigenvalue weighted by Crippen LogP contribution is -2.34. The molecule has 3 aromatic rings. The number of pyridine rings is 1. The number of nitriles is 1. The van der Waals surface area contributed by atoms with Gasteiger partial charge in [-0.05, 0) is 66.3 Å². The number of benzene rings is 2. The van der Waals surface area contributed by atoms with E-state index in [0.29, 0.717) is 41.6 Å². The number of carbonyl (C=O) groups is 1. The number of anilines is 1. The predicted molar refractivity (Wildman–Crippen MR) is 159 cm³/mol. The molecule has 1 aliphatic carbocycles. The Morgan fingerprint density at radius 2 is 1.84 bits per heavy atom.